The summed E-state index contributed by atoms with van der Waals surface area (Å²) in [4.78, 5) is 28.0. The first-order valence-electron chi connectivity index (χ1n) is 12.7. The standard InChI is InChI=1S/C27H23ClF2N6O5/c1-27(12-31)13-35(6-7-39-27)17-8-14(28)10-32-25(17)40-15-9-18(26(37)38)36(11-15)24-21-20(33-23(34-24)22(29)30)16-4-2-3-5-19(16)41-21/h2-5,8,10,15,18,22H,6-7,9,11,13H2,1H3,(H,37,38)/t15-,18-,27?/m0/s1. The van der Waals surface area contributed by atoms with Crippen LogP contribution in [0.3, 0.4) is 0 Å². The number of aliphatic carboxylic acids is 1. The molecule has 0 saturated carbocycles. The molecule has 212 valence electrons. The zero-order valence-corrected chi connectivity index (χ0v) is 22.4. The average Bonchev–Trinajstić information content (AvgIpc) is 3.55. The molecule has 4 aromatic rings. The number of benzene rings is 1. The van der Waals surface area contributed by atoms with Crippen LogP contribution in [0, 0.1) is 11.3 Å². The van der Waals surface area contributed by atoms with Gasteiger partial charge in [0, 0.05) is 24.5 Å². The molecule has 2 saturated heterocycles. The number of para-hydroxylation sites is 1. The van der Waals surface area contributed by atoms with E-state index in [-0.39, 0.29) is 42.3 Å². The quantitative estimate of drug-likeness (QED) is 0.340. The Morgan fingerprint density at radius 3 is 2.90 bits per heavy atom. The lowest BCUT2D eigenvalue weighted by Gasteiger charge is -2.37. The summed E-state index contributed by atoms with van der Waals surface area (Å²) in [6.45, 7) is 2.65. The van der Waals surface area contributed by atoms with Crippen LogP contribution in [0.1, 0.15) is 25.6 Å². The van der Waals surface area contributed by atoms with E-state index in [1.165, 1.54) is 11.1 Å². The fourth-order valence-electron chi connectivity index (χ4n) is 5.27. The van der Waals surface area contributed by atoms with Crippen molar-refractivity contribution in [3.63, 3.8) is 0 Å². The molecule has 1 N–H and O–H groups in total. The van der Waals surface area contributed by atoms with E-state index in [4.69, 9.17) is 25.5 Å². The predicted octanol–water partition coefficient (Wildman–Crippen LogP) is 4.59. The van der Waals surface area contributed by atoms with Crippen LogP contribution in [0.25, 0.3) is 22.1 Å². The second-order valence-corrected chi connectivity index (χ2v) is 10.5. The van der Waals surface area contributed by atoms with E-state index >= 15 is 0 Å². The summed E-state index contributed by atoms with van der Waals surface area (Å²) in [7, 11) is 0. The summed E-state index contributed by atoms with van der Waals surface area (Å²) in [5, 5.41) is 20.5. The van der Waals surface area contributed by atoms with Crippen molar-refractivity contribution in [1.82, 2.24) is 15.0 Å². The van der Waals surface area contributed by atoms with Gasteiger partial charge < -0.3 is 28.8 Å². The Balaban J connectivity index is 1.36. The summed E-state index contributed by atoms with van der Waals surface area (Å²) < 4.78 is 45.5. The third-order valence-electron chi connectivity index (χ3n) is 7.16. The lowest BCUT2D eigenvalue weighted by Crippen LogP contribution is -2.49. The minimum absolute atomic E-state index is 0.00778. The molecule has 0 spiro atoms. The number of halogens is 3. The van der Waals surface area contributed by atoms with Crippen molar-refractivity contribution < 1.29 is 32.6 Å². The van der Waals surface area contributed by atoms with Crippen LogP contribution < -0.4 is 14.5 Å². The molecule has 3 aromatic heterocycles. The number of hydrogen-bond donors (Lipinski definition) is 1. The molecule has 11 nitrogen and oxygen atoms in total. The first kappa shape index (κ1) is 26.9. The molecule has 0 aliphatic carbocycles. The number of ether oxygens (including phenoxy) is 2. The molecule has 41 heavy (non-hydrogen) atoms. The number of carboxylic acids is 1. The van der Waals surface area contributed by atoms with E-state index in [9.17, 15) is 23.9 Å². The molecule has 5 heterocycles. The second-order valence-electron chi connectivity index (χ2n) is 10.1. The number of hydrogen-bond acceptors (Lipinski definition) is 10. The molecule has 0 amide bonds. The van der Waals surface area contributed by atoms with E-state index < -0.39 is 36.0 Å². The van der Waals surface area contributed by atoms with Crippen LogP contribution in [0.5, 0.6) is 5.88 Å². The molecule has 0 bridgehead atoms. The van der Waals surface area contributed by atoms with E-state index in [1.807, 2.05) is 4.90 Å². The maximum absolute atomic E-state index is 13.9. The lowest BCUT2D eigenvalue weighted by molar-refractivity contribution is -0.138. The van der Waals surface area contributed by atoms with Gasteiger partial charge in [0.15, 0.2) is 22.8 Å². The number of fused-ring (bicyclic) bond motifs is 3. The van der Waals surface area contributed by atoms with Gasteiger partial charge in [-0.15, -0.1) is 0 Å². The van der Waals surface area contributed by atoms with Gasteiger partial charge in [-0.3, -0.25) is 0 Å². The molecule has 6 rings (SSSR count). The van der Waals surface area contributed by atoms with Crippen LogP contribution in [0.15, 0.2) is 40.9 Å². The number of morpholine rings is 1. The number of carboxylic acid groups (broad SMARTS) is 1. The van der Waals surface area contributed by atoms with E-state index in [0.717, 1.165) is 0 Å². The Hall–Kier alpha value is -4.28. The molecular weight excluding hydrogens is 562 g/mol. The van der Waals surface area contributed by atoms with Gasteiger partial charge in [-0.2, -0.15) is 5.26 Å². The Labute approximate surface area is 236 Å². The fraction of sp³-hybridized carbons (Fsp3) is 0.370. The summed E-state index contributed by atoms with van der Waals surface area (Å²) in [6.07, 6.45) is -2.29. The van der Waals surface area contributed by atoms with E-state index in [2.05, 4.69) is 21.0 Å². The molecule has 2 aliphatic rings. The highest BCUT2D eigenvalue weighted by Gasteiger charge is 2.42. The largest absolute Gasteiger partial charge is 0.480 e. The zero-order valence-electron chi connectivity index (χ0n) is 21.6. The van der Waals surface area contributed by atoms with Gasteiger partial charge in [0.2, 0.25) is 5.88 Å². The van der Waals surface area contributed by atoms with Gasteiger partial charge in [-0.05, 0) is 25.1 Å². The second kappa shape index (κ2) is 10.3. The normalized spacial score (nSPS) is 22.9. The number of nitrogens with zero attached hydrogens (tertiary/aromatic N) is 6. The van der Waals surface area contributed by atoms with E-state index in [1.54, 1.807) is 37.3 Å². The first-order chi connectivity index (χ1) is 19.7. The van der Waals surface area contributed by atoms with Crippen LogP contribution in [-0.2, 0) is 9.53 Å². The number of anilines is 2. The SMILES string of the molecule is CC1(C#N)CN(c2cc(Cl)cnc2O[C@H]2C[C@@H](C(=O)O)N(c3nc(C(F)F)nc4c3oc3ccccc34)C2)CCO1. The topological polar surface area (TPSA) is 138 Å². The van der Waals surface area contributed by atoms with Crippen molar-refractivity contribution in [3.8, 4) is 11.9 Å². The van der Waals surface area contributed by atoms with Crippen molar-refractivity contribution in [3.05, 3.63) is 47.4 Å². The molecule has 2 fully saturated rings. The number of alkyl halides is 2. The monoisotopic (exact) mass is 584 g/mol. The maximum Gasteiger partial charge on any atom is 0.326 e. The average molecular weight is 585 g/mol. The van der Waals surface area contributed by atoms with Crippen molar-refractivity contribution in [2.45, 2.75) is 37.5 Å². The summed E-state index contributed by atoms with van der Waals surface area (Å²) >= 11 is 6.24. The highest BCUT2D eigenvalue weighted by atomic mass is 35.5. The number of pyridine rings is 1. The Kier molecular flexibility index (Phi) is 6.75. The highest BCUT2D eigenvalue weighted by Crippen LogP contribution is 2.39. The Bertz CT molecular complexity index is 1700. The van der Waals surface area contributed by atoms with Gasteiger partial charge >= 0.3 is 5.97 Å². The third kappa shape index (κ3) is 4.93. The van der Waals surface area contributed by atoms with Gasteiger partial charge in [0.05, 0.1) is 30.8 Å². The minimum Gasteiger partial charge on any atom is -0.480 e. The maximum atomic E-state index is 13.9. The number of furan rings is 1. The fourth-order valence-corrected chi connectivity index (χ4v) is 5.42. The number of rotatable bonds is 6. The van der Waals surface area contributed by atoms with Crippen molar-refractivity contribution in [2.24, 2.45) is 0 Å². The summed E-state index contributed by atoms with van der Waals surface area (Å²) in [5.74, 6) is -1.78. The molecular formula is C27H23ClF2N6O5. The molecule has 14 heteroatoms. The zero-order chi connectivity index (χ0) is 28.9. The molecule has 1 aromatic carbocycles. The summed E-state index contributed by atoms with van der Waals surface area (Å²) in [6, 6.07) is 9.48. The van der Waals surface area contributed by atoms with E-state index in [0.29, 0.717) is 34.8 Å². The molecule has 3 atom stereocenters. The number of nitriles is 1. The van der Waals surface area contributed by atoms with Gasteiger partial charge in [0.25, 0.3) is 6.43 Å². The van der Waals surface area contributed by atoms with Crippen molar-refractivity contribution >= 4 is 51.1 Å². The van der Waals surface area contributed by atoms with Crippen LogP contribution in [0.2, 0.25) is 5.02 Å². The van der Waals surface area contributed by atoms with Crippen LogP contribution >= 0.6 is 11.6 Å². The lowest BCUT2D eigenvalue weighted by atomic mass is 10.1. The number of carbonyl (C=O) groups is 1. The third-order valence-corrected chi connectivity index (χ3v) is 7.37. The van der Waals surface area contributed by atoms with Gasteiger partial charge in [-0.1, -0.05) is 23.7 Å². The Morgan fingerprint density at radius 1 is 1.34 bits per heavy atom. The van der Waals surface area contributed by atoms with Gasteiger partial charge in [-0.25, -0.2) is 28.5 Å². The minimum atomic E-state index is -2.99. The first-order valence-corrected chi connectivity index (χ1v) is 13.1. The molecule has 0 radical (unpaired) electrons. The molecule has 2 aliphatic heterocycles. The van der Waals surface area contributed by atoms with Crippen molar-refractivity contribution in [2.75, 3.05) is 36.0 Å². The summed E-state index contributed by atoms with van der Waals surface area (Å²) in [5.41, 5.74) is 0.160. The van der Waals surface area contributed by atoms with Crippen molar-refractivity contribution in [1.29, 1.82) is 5.26 Å². The van der Waals surface area contributed by atoms with Crippen LogP contribution in [-0.4, -0.2) is 70.0 Å². The Morgan fingerprint density at radius 2 is 2.15 bits per heavy atom. The van der Waals surface area contributed by atoms with Gasteiger partial charge in [0.1, 0.15) is 28.9 Å². The predicted molar refractivity (Wildman–Crippen MR) is 143 cm³/mol. The molecule has 1 unspecified atom stereocenters. The smallest absolute Gasteiger partial charge is 0.326 e. The van der Waals surface area contributed by atoms with Crippen LogP contribution in [0.4, 0.5) is 20.3 Å². The highest BCUT2D eigenvalue weighted by molar-refractivity contribution is 6.30. The number of aromatic nitrogens is 3.